The molecular formula is C14H19FN4O2. The van der Waals surface area contributed by atoms with Gasteiger partial charge in [-0.2, -0.15) is 0 Å². The van der Waals surface area contributed by atoms with Crippen molar-refractivity contribution < 1.29 is 13.9 Å². The van der Waals surface area contributed by atoms with Gasteiger partial charge in [-0.05, 0) is 17.7 Å². The van der Waals surface area contributed by atoms with Crippen molar-refractivity contribution in [1.29, 1.82) is 0 Å². The van der Waals surface area contributed by atoms with Crippen molar-refractivity contribution >= 4 is 0 Å². The predicted molar refractivity (Wildman–Crippen MR) is 75.7 cm³/mol. The first-order valence-corrected chi connectivity index (χ1v) is 6.64. The summed E-state index contributed by atoms with van der Waals surface area (Å²) in [7, 11) is 3.10. The lowest BCUT2D eigenvalue weighted by atomic mass is 10.2. The van der Waals surface area contributed by atoms with E-state index in [9.17, 15) is 4.39 Å². The van der Waals surface area contributed by atoms with Crippen molar-refractivity contribution in [3.63, 3.8) is 0 Å². The molecule has 0 radical (unpaired) electrons. The van der Waals surface area contributed by atoms with Crippen molar-refractivity contribution in [3.8, 4) is 5.75 Å². The second kappa shape index (κ2) is 7.70. The fourth-order valence-corrected chi connectivity index (χ4v) is 1.88. The zero-order chi connectivity index (χ0) is 15.1. The summed E-state index contributed by atoms with van der Waals surface area (Å²) in [5.41, 5.74) is 1.64. The predicted octanol–water partition coefficient (Wildman–Crippen LogP) is 1.21. The number of halogens is 1. The van der Waals surface area contributed by atoms with Crippen molar-refractivity contribution in [2.45, 2.75) is 13.1 Å². The Morgan fingerprint density at radius 3 is 2.90 bits per heavy atom. The fraction of sp³-hybridized carbons (Fsp3) is 0.429. The zero-order valence-electron chi connectivity index (χ0n) is 12.2. The number of nitrogens with one attached hydrogen (secondary N) is 1. The van der Waals surface area contributed by atoms with E-state index in [0.717, 1.165) is 17.8 Å². The Balaban J connectivity index is 1.91. The van der Waals surface area contributed by atoms with Gasteiger partial charge in [0.1, 0.15) is 0 Å². The highest BCUT2D eigenvalue weighted by Crippen LogP contribution is 2.18. The van der Waals surface area contributed by atoms with E-state index in [1.807, 2.05) is 6.20 Å². The molecule has 0 aliphatic heterocycles. The van der Waals surface area contributed by atoms with E-state index < -0.39 is 0 Å². The average Bonchev–Trinajstić information content (AvgIpc) is 2.91. The van der Waals surface area contributed by atoms with Crippen LogP contribution >= 0.6 is 0 Å². The molecule has 114 valence electrons. The van der Waals surface area contributed by atoms with Crippen LogP contribution in [0.4, 0.5) is 4.39 Å². The lowest BCUT2D eigenvalue weighted by Gasteiger charge is -2.05. The van der Waals surface area contributed by atoms with Crippen LogP contribution in [-0.4, -0.2) is 42.4 Å². The van der Waals surface area contributed by atoms with Gasteiger partial charge in [0.2, 0.25) is 0 Å². The Kier molecular flexibility index (Phi) is 5.65. The highest BCUT2D eigenvalue weighted by atomic mass is 19.1. The van der Waals surface area contributed by atoms with Crippen LogP contribution in [0.15, 0.2) is 24.4 Å². The average molecular weight is 294 g/mol. The smallest absolute Gasteiger partial charge is 0.165 e. The van der Waals surface area contributed by atoms with E-state index in [0.29, 0.717) is 19.7 Å². The molecule has 1 aromatic heterocycles. The Bertz CT molecular complexity index is 574. The van der Waals surface area contributed by atoms with E-state index in [1.165, 1.54) is 13.2 Å². The summed E-state index contributed by atoms with van der Waals surface area (Å²) in [6, 6.07) is 4.85. The molecule has 0 bridgehead atoms. The van der Waals surface area contributed by atoms with Gasteiger partial charge in [0.05, 0.1) is 32.2 Å². The van der Waals surface area contributed by atoms with E-state index in [2.05, 4.69) is 15.6 Å². The monoisotopic (exact) mass is 294 g/mol. The van der Waals surface area contributed by atoms with E-state index >= 15 is 0 Å². The lowest BCUT2D eigenvalue weighted by molar-refractivity contribution is 0.199. The third-order valence-electron chi connectivity index (χ3n) is 2.94. The van der Waals surface area contributed by atoms with Crippen molar-refractivity contribution in [1.82, 2.24) is 20.3 Å². The van der Waals surface area contributed by atoms with Gasteiger partial charge in [0.15, 0.2) is 11.6 Å². The highest BCUT2D eigenvalue weighted by molar-refractivity contribution is 5.29. The van der Waals surface area contributed by atoms with Crippen LogP contribution in [-0.2, 0) is 17.8 Å². The van der Waals surface area contributed by atoms with Gasteiger partial charge in [-0.25, -0.2) is 9.07 Å². The third-order valence-corrected chi connectivity index (χ3v) is 2.94. The second-order valence-electron chi connectivity index (χ2n) is 4.55. The molecule has 0 atom stereocenters. The first-order valence-electron chi connectivity index (χ1n) is 6.64. The number of rotatable bonds is 8. The van der Waals surface area contributed by atoms with Crippen molar-refractivity contribution in [2.75, 3.05) is 27.4 Å². The van der Waals surface area contributed by atoms with Crippen molar-refractivity contribution in [2.24, 2.45) is 0 Å². The molecule has 2 aromatic rings. The first-order chi connectivity index (χ1) is 10.2. The van der Waals surface area contributed by atoms with Crippen LogP contribution < -0.4 is 10.1 Å². The number of hydrogen-bond donors (Lipinski definition) is 1. The molecule has 0 aliphatic carbocycles. The minimum Gasteiger partial charge on any atom is -0.494 e. The summed E-state index contributed by atoms with van der Waals surface area (Å²) in [4.78, 5) is 0. The molecule has 7 heteroatoms. The van der Waals surface area contributed by atoms with Crippen LogP contribution in [0.1, 0.15) is 11.3 Å². The maximum absolute atomic E-state index is 13.6. The summed E-state index contributed by atoms with van der Waals surface area (Å²) >= 11 is 0. The van der Waals surface area contributed by atoms with Gasteiger partial charge in [-0.15, -0.1) is 5.10 Å². The zero-order valence-corrected chi connectivity index (χ0v) is 12.2. The molecule has 1 N–H and O–H groups in total. The normalized spacial score (nSPS) is 10.8. The van der Waals surface area contributed by atoms with E-state index in [1.54, 1.807) is 23.9 Å². The first kappa shape index (κ1) is 15.4. The van der Waals surface area contributed by atoms with Gasteiger partial charge >= 0.3 is 0 Å². The van der Waals surface area contributed by atoms with Gasteiger partial charge in [0, 0.05) is 20.2 Å². The molecule has 6 nitrogen and oxygen atoms in total. The van der Waals surface area contributed by atoms with Gasteiger partial charge in [-0.3, -0.25) is 0 Å². The summed E-state index contributed by atoms with van der Waals surface area (Å²) in [6.07, 6.45) is 1.84. The van der Waals surface area contributed by atoms with Crippen LogP contribution in [0.25, 0.3) is 0 Å². The van der Waals surface area contributed by atoms with E-state index in [-0.39, 0.29) is 11.6 Å². The standard InChI is InChI=1S/C14H19FN4O2/c1-20-6-5-16-8-12-10-19(18-17-12)9-11-3-4-14(21-2)13(15)7-11/h3-4,7,10,16H,5-6,8-9H2,1-2H3. The Morgan fingerprint density at radius 1 is 1.33 bits per heavy atom. The van der Waals surface area contributed by atoms with Crippen molar-refractivity contribution in [3.05, 3.63) is 41.5 Å². The topological polar surface area (TPSA) is 61.2 Å². The molecule has 0 aliphatic rings. The maximum Gasteiger partial charge on any atom is 0.165 e. The molecule has 0 unspecified atom stereocenters. The molecule has 0 saturated carbocycles. The van der Waals surface area contributed by atoms with Crippen LogP contribution in [0, 0.1) is 5.82 Å². The lowest BCUT2D eigenvalue weighted by Crippen LogP contribution is -2.18. The fourth-order valence-electron chi connectivity index (χ4n) is 1.88. The minimum atomic E-state index is -0.378. The van der Waals surface area contributed by atoms with E-state index in [4.69, 9.17) is 9.47 Å². The molecule has 1 heterocycles. The van der Waals surface area contributed by atoms with Crippen LogP contribution in [0.3, 0.4) is 0 Å². The summed E-state index contributed by atoms with van der Waals surface area (Å²) < 4.78 is 25.1. The Morgan fingerprint density at radius 2 is 2.19 bits per heavy atom. The highest BCUT2D eigenvalue weighted by Gasteiger charge is 2.05. The molecule has 0 spiro atoms. The Hall–Kier alpha value is -1.99. The SMILES string of the molecule is COCCNCc1cn(Cc2ccc(OC)c(F)c2)nn1. The largest absolute Gasteiger partial charge is 0.494 e. The second-order valence-corrected chi connectivity index (χ2v) is 4.55. The summed E-state index contributed by atoms with van der Waals surface area (Å²) in [5, 5.41) is 11.3. The quantitative estimate of drug-likeness (QED) is 0.742. The number of hydrogen-bond acceptors (Lipinski definition) is 5. The number of nitrogens with zero attached hydrogens (tertiary/aromatic N) is 3. The maximum atomic E-state index is 13.6. The molecule has 0 fully saturated rings. The molecule has 21 heavy (non-hydrogen) atoms. The number of methoxy groups -OCH3 is 2. The van der Waals surface area contributed by atoms with Gasteiger partial charge < -0.3 is 14.8 Å². The van der Waals surface area contributed by atoms with Crippen LogP contribution in [0.5, 0.6) is 5.75 Å². The molecular weight excluding hydrogens is 275 g/mol. The summed E-state index contributed by atoms with van der Waals surface area (Å²) in [6.45, 7) is 2.50. The van der Waals surface area contributed by atoms with Crippen LogP contribution in [0.2, 0.25) is 0 Å². The Labute approximate surface area is 122 Å². The number of ether oxygens (including phenoxy) is 2. The molecule has 0 amide bonds. The summed E-state index contributed by atoms with van der Waals surface area (Å²) in [5.74, 6) is -0.142. The number of benzene rings is 1. The molecule has 2 rings (SSSR count). The third kappa shape index (κ3) is 4.51. The minimum absolute atomic E-state index is 0.236. The molecule has 0 saturated heterocycles. The molecule has 1 aromatic carbocycles. The number of aromatic nitrogens is 3. The van der Waals surface area contributed by atoms with Gasteiger partial charge in [0.25, 0.3) is 0 Å². The van der Waals surface area contributed by atoms with Gasteiger partial charge in [-0.1, -0.05) is 11.3 Å².